The second-order valence-corrected chi connectivity index (χ2v) is 8.30. The number of fused-ring (bicyclic) bond motifs is 1. The van der Waals surface area contributed by atoms with Gasteiger partial charge in [-0.15, -0.1) is 0 Å². The number of aliphatic hydroxyl groups is 1. The molecule has 2 N–H and O–H groups in total. The lowest BCUT2D eigenvalue weighted by molar-refractivity contribution is -0.136. The number of ketones is 1. The van der Waals surface area contributed by atoms with Crippen molar-refractivity contribution >= 4 is 34.3 Å². The van der Waals surface area contributed by atoms with E-state index >= 15 is 0 Å². The van der Waals surface area contributed by atoms with E-state index in [-0.39, 0.29) is 17.8 Å². The van der Waals surface area contributed by atoms with Gasteiger partial charge in [0, 0.05) is 16.6 Å². The highest BCUT2D eigenvalue weighted by Crippen LogP contribution is 2.45. The first-order valence-electron chi connectivity index (χ1n) is 11.1. The third kappa shape index (κ3) is 3.88. The number of para-hydroxylation sites is 2. The highest BCUT2D eigenvalue weighted by Gasteiger charge is 2.46. The lowest BCUT2D eigenvalue weighted by Crippen LogP contribution is -2.31. The fourth-order valence-electron chi connectivity index (χ4n) is 4.47. The predicted molar refractivity (Wildman–Crippen MR) is 131 cm³/mol. The van der Waals surface area contributed by atoms with Crippen LogP contribution in [0.4, 0.5) is 5.69 Å². The van der Waals surface area contributed by atoms with Gasteiger partial charge in [0.25, 0.3) is 5.91 Å². The molecule has 1 atom stereocenters. The monoisotopic (exact) mass is 483 g/mol. The maximum absolute atomic E-state index is 13.7. The Hall–Kier alpha value is -4.85. The number of furan rings is 1. The van der Waals surface area contributed by atoms with Gasteiger partial charge in [0.15, 0.2) is 11.5 Å². The summed E-state index contributed by atoms with van der Waals surface area (Å²) in [7, 11) is 1.48. The molecule has 2 heterocycles. The van der Waals surface area contributed by atoms with Crippen molar-refractivity contribution in [3.8, 4) is 5.75 Å². The van der Waals surface area contributed by atoms with Gasteiger partial charge in [-0.3, -0.25) is 19.3 Å². The normalized spacial score (nSPS) is 15.5. The quantitative estimate of drug-likeness (QED) is 0.361. The Morgan fingerprint density at radius 3 is 2.39 bits per heavy atom. The fourth-order valence-corrected chi connectivity index (χ4v) is 4.47. The molecule has 180 valence electrons. The number of ether oxygens (including phenoxy) is 1. The number of hydrogen-bond donors (Lipinski definition) is 2. The maximum atomic E-state index is 13.7. The van der Waals surface area contributed by atoms with Crippen LogP contribution < -0.4 is 9.64 Å². The van der Waals surface area contributed by atoms with Crippen molar-refractivity contribution in [2.45, 2.75) is 12.5 Å². The number of anilines is 1. The van der Waals surface area contributed by atoms with Gasteiger partial charge in [-0.25, -0.2) is 0 Å². The molecular weight excluding hydrogens is 462 g/mol. The first-order chi connectivity index (χ1) is 17.4. The van der Waals surface area contributed by atoms with Crippen LogP contribution in [-0.2, 0) is 16.0 Å². The molecule has 0 saturated heterocycles. The Kier molecular flexibility index (Phi) is 5.77. The minimum Gasteiger partial charge on any atom is -0.503 e. The van der Waals surface area contributed by atoms with Gasteiger partial charge in [0.1, 0.15) is 11.3 Å². The van der Waals surface area contributed by atoms with E-state index in [0.717, 1.165) is 0 Å². The maximum Gasteiger partial charge on any atom is 0.307 e. The van der Waals surface area contributed by atoms with Crippen molar-refractivity contribution in [3.63, 3.8) is 0 Å². The van der Waals surface area contributed by atoms with Crippen LogP contribution in [0.15, 0.2) is 94.6 Å². The van der Waals surface area contributed by atoms with Crippen LogP contribution in [0.25, 0.3) is 11.0 Å². The van der Waals surface area contributed by atoms with Gasteiger partial charge in [-0.05, 0) is 35.9 Å². The third-order valence-electron chi connectivity index (χ3n) is 6.11. The largest absolute Gasteiger partial charge is 0.503 e. The molecule has 1 aromatic heterocycles. The van der Waals surface area contributed by atoms with Crippen LogP contribution in [0, 0.1) is 0 Å². The number of Topliss-reactive ketones (excluding diaryl/α,β-unsaturated/α-hetero) is 1. The molecule has 1 unspecified atom stereocenters. The number of carbonyl (C=O) groups excluding carboxylic acids is 2. The van der Waals surface area contributed by atoms with E-state index in [4.69, 9.17) is 14.3 Å². The van der Waals surface area contributed by atoms with Crippen LogP contribution >= 0.6 is 0 Å². The average molecular weight is 483 g/mol. The van der Waals surface area contributed by atoms with Crippen molar-refractivity contribution < 1.29 is 33.8 Å². The molecule has 0 aliphatic carbocycles. The smallest absolute Gasteiger partial charge is 0.307 e. The zero-order valence-electron chi connectivity index (χ0n) is 19.2. The van der Waals surface area contributed by atoms with E-state index in [0.29, 0.717) is 33.5 Å². The minimum absolute atomic E-state index is 0.0101. The van der Waals surface area contributed by atoms with E-state index in [1.807, 2.05) is 6.07 Å². The molecule has 8 nitrogen and oxygen atoms in total. The molecule has 1 aliphatic heterocycles. The molecule has 8 heteroatoms. The third-order valence-corrected chi connectivity index (χ3v) is 6.11. The summed E-state index contributed by atoms with van der Waals surface area (Å²) < 4.78 is 11.3. The summed E-state index contributed by atoms with van der Waals surface area (Å²) in [5, 5.41) is 20.7. The Morgan fingerprint density at radius 2 is 1.69 bits per heavy atom. The van der Waals surface area contributed by atoms with Gasteiger partial charge in [0.2, 0.25) is 5.78 Å². The summed E-state index contributed by atoms with van der Waals surface area (Å²) in [4.78, 5) is 39.4. The summed E-state index contributed by atoms with van der Waals surface area (Å²) in [6.07, 6.45) is -0.177. The summed E-state index contributed by atoms with van der Waals surface area (Å²) >= 11 is 0. The van der Waals surface area contributed by atoms with Crippen molar-refractivity contribution in [1.82, 2.24) is 0 Å². The lowest BCUT2D eigenvalue weighted by atomic mass is 9.94. The predicted octanol–water partition coefficient (Wildman–Crippen LogP) is 4.85. The first-order valence-corrected chi connectivity index (χ1v) is 11.1. The minimum atomic E-state index is -1.01. The van der Waals surface area contributed by atoms with Crippen LogP contribution in [-0.4, -0.2) is 35.0 Å². The van der Waals surface area contributed by atoms with Crippen LogP contribution in [0.2, 0.25) is 0 Å². The van der Waals surface area contributed by atoms with Crippen LogP contribution in [0.3, 0.4) is 0 Å². The molecule has 36 heavy (non-hydrogen) atoms. The molecule has 0 spiro atoms. The molecule has 3 aromatic carbocycles. The summed E-state index contributed by atoms with van der Waals surface area (Å²) in [5.74, 6) is -2.65. The van der Waals surface area contributed by atoms with Crippen molar-refractivity contribution in [3.05, 3.63) is 107 Å². The Balaban J connectivity index is 1.64. The molecule has 0 radical (unpaired) electrons. The number of methoxy groups -OCH3 is 1. The van der Waals surface area contributed by atoms with Crippen LogP contribution in [0.5, 0.6) is 5.75 Å². The topological polar surface area (TPSA) is 117 Å². The standard InChI is InChI=1S/C28H21NO7/c1-35-21-9-5-3-7-19(21)25-24(26(32)22-15-17-6-2-4-8-20(17)36-22)27(33)28(34)29(25)18-12-10-16(11-13-18)14-23(30)31/h2-13,15,25,33H,14H2,1H3,(H,30,31). The highest BCUT2D eigenvalue weighted by molar-refractivity contribution is 6.20. The Bertz CT molecular complexity index is 1500. The van der Waals surface area contributed by atoms with Gasteiger partial charge in [-0.1, -0.05) is 48.5 Å². The Morgan fingerprint density at radius 1 is 1.00 bits per heavy atom. The summed E-state index contributed by atoms with van der Waals surface area (Å²) in [5.41, 5.74) is 1.78. The van der Waals surface area contributed by atoms with E-state index in [2.05, 4.69) is 0 Å². The number of rotatable bonds is 7. The van der Waals surface area contributed by atoms with E-state index in [1.54, 1.807) is 72.8 Å². The fraction of sp³-hybridized carbons (Fsp3) is 0.107. The summed E-state index contributed by atoms with van der Waals surface area (Å²) in [6.45, 7) is 0. The zero-order valence-corrected chi connectivity index (χ0v) is 19.2. The van der Waals surface area contributed by atoms with Crippen molar-refractivity contribution in [2.75, 3.05) is 12.0 Å². The van der Waals surface area contributed by atoms with Crippen molar-refractivity contribution in [2.24, 2.45) is 0 Å². The van der Waals surface area contributed by atoms with E-state index in [1.165, 1.54) is 12.0 Å². The molecular formula is C28H21NO7. The number of benzene rings is 3. The SMILES string of the molecule is COc1ccccc1C1C(C(=O)c2cc3ccccc3o2)=C(O)C(=O)N1c1ccc(CC(=O)O)cc1. The number of aliphatic hydroxyl groups excluding tert-OH is 1. The van der Waals surface area contributed by atoms with E-state index < -0.39 is 29.5 Å². The number of aliphatic carboxylic acids is 1. The number of amides is 1. The van der Waals surface area contributed by atoms with E-state index in [9.17, 15) is 19.5 Å². The van der Waals surface area contributed by atoms with Crippen molar-refractivity contribution in [1.29, 1.82) is 0 Å². The second-order valence-electron chi connectivity index (χ2n) is 8.30. The molecule has 1 aliphatic rings. The first kappa shape index (κ1) is 22.9. The number of nitrogens with zero attached hydrogens (tertiary/aromatic N) is 1. The molecule has 5 rings (SSSR count). The van der Waals surface area contributed by atoms with Gasteiger partial charge in [0.05, 0.1) is 25.1 Å². The molecule has 0 saturated carbocycles. The van der Waals surface area contributed by atoms with Gasteiger partial charge < -0.3 is 19.4 Å². The number of carboxylic acids is 1. The highest BCUT2D eigenvalue weighted by atomic mass is 16.5. The molecule has 0 bridgehead atoms. The number of carboxylic acid groups (broad SMARTS) is 1. The second kappa shape index (κ2) is 9.07. The van der Waals surface area contributed by atoms with Gasteiger partial charge in [-0.2, -0.15) is 0 Å². The molecule has 0 fully saturated rings. The van der Waals surface area contributed by atoms with Gasteiger partial charge >= 0.3 is 5.97 Å². The molecule has 1 amide bonds. The Labute approximate surface area is 205 Å². The number of carbonyl (C=O) groups is 3. The lowest BCUT2D eigenvalue weighted by Gasteiger charge is -2.28. The zero-order chi connectivity index (χ0) is 25.4. The number of hydrogen-bond acceptors (Lipinski definition) is 6. The van der Waals surface area contributed by atoms with Crippen LogP contribution in [0.1, 0.15) is 27.7 Å². The summed E-state index contributed by atoms with van der Waals surface area (Å²) in [6, 6.07) is 20.9. The molecule has 4 aromatic rings. The average Bonchev–Trinajstić information content (AvgIpc) is 3.43.